The molecule has 19 heavy (non-hydrogen) atoms. The molecule has 0 unspecified atom stereocenters. The number of carbonyl (C=O) groups is 1. The van der Waals surface area contributed by atoms with Crippen molar-refractivity contribution in [2.75, 3.05) is 6.79 Å². The van der Waals surface area contributed by atoms with E-state index in [9.17, 15) is 4.79 Å². The zero-order valence-electron chi connectivity index (χ0n) is 9.88. The van der Waals surface area contributed by atoms with Gasteiger partial charge in [-0.1, -0.05) is 6.07 Å². The molecule has 0 atom stereocenters. The Hall–Kier alpha value is -1.66. The molecule has 0 aliphatic carbocycles. The van der Waals surface area contributed by atoms with Gasteiger partial charge in [-0.15, -0.1) is 24.0 Å². The fourth-order valence-corrected chi connectivity index (χ4v) is 2.83. The first-order valence-electron chi connectivity index (χ1n) is 5.66. The van der Waals surface area contributed by atoms with Crippen molar-refractivity contribution in [1.82, 2.24) is 5.32 Å². The largest absolute Gasteiger partial charge is 0.454 e. The van der Waals surface area contributed by atoms with E-state index in [-0.39, 0.29) is 12.7 Å². The lowest BCUT2D eigenvalue weighted by Crippen LogP contribution is -2.21. The van der Waals surface area contributed by atoms with Gasteiger partial charge in [0.05, 0.1) is 4.88 Å². The van der Waals surface area contributed by atoms with Gasteiger partial charge in [-0.3, -0.25) is 4.79 Å². The minimum atomic E-state index is -0.0945. The number of carbonyl (C=O) groups excluding carboxylic acids is 1. The Morgan fingerprint density at radius 3 is 2.95 bits per heavy atom. The van der Waals surface area contributed by atoms with Crippen LogP contribution < -0.4 is 14.8 Å². The zero-order chi connectivity index (χ0) is 13.2. The van der Waals surface area contributed by atoms with Crippen LogP contribution in [0, 0.1) is 0 Å². The van der Waals surface area contributed by atoms with E-state index in [4.69, 9.17) is 9.47 Å². The second-order valence-corrected chi connectivity index (χ2v) is 5.47. The Balaban J connectivity index is 1.64. The summed E-state index contributed by atoms with van der Waals surface area (Å²) >= 11 is 5.56. The van der Waals surface area contributed by atoms with Gasteiger partial charge in [0.15, 0.2) is 11.5 Å². The van der Waals surface area contributed by atoms with Gasteiger partial charge in [0.1, 0.15) is 0 Å². The predicted molar refractivity (Wildman–Crippen MR) is 75.3 cm³/mol. The third kappa shape index (κ3) is 2.69. The number of ether oxygens (including phenoxy) is 2. The van der Waals surface area contributed by atoms with E-state index in [2.05, 4.69) is 17.9 Å². The summed E-state index contributed by atoms with van der Waals surface area (Å²) < 4.78 is 10.5. The predicted octanol–water partition coefficient (Wildman–Crippen LogP) is 2.70. The second-order valence-electron chi connectivity index (χ2n) is 4.04. The number of hydrogen-bond acceptors (Lipinski definition) is 5. The Kier molecular flexibility index (Phi) is 3.35. The monoisotopic (exact) mass is 293 g/mol. The van der Waals surface area contributed by atoms with E-state index in [1.54, 1.807) is 6.07 Å². The molecular weight excluding hydrogens is 282 g/mol. The van der Waals surface area contributed by atoms with Gasteiger partial charge >= 0.3 is 0 Å². The van der Waals surface area contributed by atoms with Crippen LogP contribution in [-0.4, -0.2) is 12.7 Å². The molecule has 2 heterocycles. The Morgan fingerprint density at radius 1 is 1.32 bits per heavy atom. The molecule has 1 N–H and O–H groups in total. The standard InChI is InChI=1S/C13H11NO3S2/c15-13(12-4-9(18)6-19-12)14-5-8-1-2-10-11(3-8)17-7-16-10/h1-4,6,18H,5,7H2,(H,14,15). The Morgan fingerprint density at radius 2 is 2.16 bits per heavy atom. The number of thiol groups is 1. The molecule has 4 nitrogen and oxygen atoms in total. The number of rotatable bonds is 3. The van der Waals surface area contributed by atoms with E-state index >= 15 is 0 Å². The highest BCUT2D eigenvalue weighted by Crippen LogP contribution is 2.32. The molecule has 6 heteroatoms. The average molecular weight is 293 g/mol. The molecule has 1 aromatic carbocycles. The minimum absolute atomic E-state index is 0.0945. The molecule has 1 aromatic heterocycles. The number of thiophene rings is 1. The molecule has 0 saturated carbocycles. The number of hydrogen-bond donors (Lipinski definition) is 2. The number of amides is 1. The van der Waals surface area contributed by atoms with Crippen molar-refractivity contribution in [2.24, 2.45) is 0 Å². The highest BCUT2D eigenvalue weighted by atomic mass is 32.1. The molecule has 0 saturated heterocycles. The van der Waals surface area contributed by atoms with Crippen molar-refractivity contribution in [2.45, 2.75) is 11.4 Å². The Bertz CT molecular complexity index is 624. The summed E-state index contributed by atoms with van der Waals surface area (Å²) in [5, 5.41) is 4.69. The van der Waals surface area contributed by atoms with Crippen LogP contribution in [0.3, 0.4) is 0 Å². The summed E-state index contributed by atoms with van der Waals surface area (Å²) in [7, 11) is 0. The molecule has 0 fully saturated rings. The quantitative estimate of drug-likeness (QED) is 0.855. The summed E-state index contributed by atoms with van der Waals surface area (Å²) in [6.45, 7) is 0.709. The Labute approximate surface area is 119 Å². The fraction of sp³-hybridized carbons (Fsp3) is 0.154. The molecule has 1 aliphatic rings. The first-order valence-corrected chi connectivity index (χ1v) is 6.99. The smallest absolute Gasteiger partial charge is 0.261 e. The van der Waals surface area contributed by atoms with E-state index < -0.39 is 0 Å². The average Bonchev–Trinajstić information content (AvgIpc) is 3.03. The minimum Gasteiger partial charge on any atom is -0.454 e. The third-order valence-electron chi connectivity index (χ3n) is 2.70. The maximum absolute atomic E-state index is 11.9. The van der Waals surface area contributed by atoms with Gasteiger partial charge in [-0.25, -0.2) is 0 Å². The van der Waals surface area contributed by atoms with Crippen LogP contribution in [-0.2, 0) is 6.54 Å². The van der Waals surface area contributed by atoms with Crippen LogP contribution in [0.4, 0.5) is 0 Å². The molecular formula is C13H11NO3S2. The van der Waals surface area contributed by atoms with Crippen molar-refractivity contribution in [3.05, 3.63) is 40.1 Å². The summed E-state index contributed by atoms with van der Waals surface area (Å²) in [6, 6.07) is 7.39. The number of nitrogens with one attached hydrogen (secondary N) is 1. The van der Waals surface area contributed by atoms with Gasteiger partial charge in [0.25, 0.3) is 5.91 Å². The molecule has 98 valence electrons. The van der Waals surface area contributed by atoms with Crippen LogP contribution in [0.1, 0.15) is 15.2 Å². The summed E-state index contributed by atoms with van der Waals surface area (Å²) in [5.74, 6) is 1.37. The molecule has 2 aromatic rings. The maximum atomic E-state index is 11.9. The van der Waals surface area contributed by atoms with Crippen molar-refractivity contribution in [1.29, 1.82) is 0 Å². The molecule has 0 bridgehead atoms. The second kappa shape index (κ2) is 5.14. The van der Waals surface area contributed by atoms with Crippen LogP contribution in [0.2, 0.25) is 0 Å². The van der Waals surface area contributed by atoms with E-state index in [0.717, 1.165) is 22.0 Å². The van der Waals surface area contributed by atoms with E-state index in [0.29, 0.717) is 11.4 Å². The summed E-state index contributed by atoms with van der Waals surface area (Å²) in [5.41, 5.74) is 0.972. The molecule has 1 aliphatic heterocycles. The van der Waals surface area contributed by atoms with Gasteiger partial charge in [0, 0.05) is 16.8 Å². The zero-order valence-corrected chi connectivity index (χ0v) is 11.6. The lowest BCUT2D eigenvalue weighted by atomic mass is 10.2. The van der Waals surface area contributed by atoms with Crippen LogP contribution in [0.5, 0.6) is 11.5 Å². The normalized spacial score (nSPS) is 12.5. The van der Waals surface area contributed by atoms with Crippen molar-refractivity contribution < 1.29 is 14.3 Å². The van der Waals surface area contributed by atoms with Crippen molar-refractivity contribution in [3.63, 3.8) is 0 Å². The first-order chi connectivity index (χ1) is 9.22. The van der Waals surface area contributed by atoms with Crippen LogP contribution in [0.25, 0.3) is 0 Å². The SMILES string of the molecule is O=C(NCc1ccc2c(c1)OCO2)c1cc(S)cs1. The molecule has 3 rings (SSSR count). The molecule has 0 radical (unpaired) electrons. The van der Waals surface area contributed by atoms with E-state index in [1.807, 2.05) is 23.6 Å². The maximum Gasteiger partial charge on any atom is 0.261 e. The summed E-state index contributed by atoms with van der Waals surface area (Å²) in [6.07, 6.45) is 0. The summed E-state index contributed by atoms with van der Waals surface area (Å²) in [4.78, 5) is 13.3. The van der Waals surface area contributed by atoms with Crippen molar-refractivity contribution in [3.8, 4) is 11.5 Å². The van der Waals surface area contributed by atoms with Gasteiger partial charge in [0.2, 0.25) is 6.79 Å². The highest BCUT2D eigenvalue weighted by molar-refractivity contribution is 7.80. The number of benzene rings is 1. The third-order valence-corrected chi connectivity index (χ3v) is 4.06. The number of fused-ring (bicyclic) bond motifs is 1. The molecule has 1 amide bonds. The lowest BCUT2D eigenvalue weighted by molar-refractivity contribution is 0.0954. The molecule has 0 spiro atoms. The topological polar surface area (TPSA) is 47.6 Å². The first kappa shape index (κ1) is 12.4. The van der Waals surface area contributed by atoms with E-state index in [1.165, 1.54) is 11.3 Å². The van der Waals surface area contributed by atoms with Crippen molar-refractivity contribution >= 4 is 29.9 Å². The van der Waals surface area contributed by atoms with Gasteiger partial charge < -0.3 is 14.8 Å². The van der Waals surface area contributed by atoms with Gasteiger partial charge in [-0.05, 0) is 23.8 Å². The lowest BCUT2D eigenvalue weighted by Gasteiger charge is -2.05. The van der Waals surface area contributed by atoms with Crippen LogP contribution >= 0.6 is 24.0 Å². The fourth-order valence-electron chi connectivity index (χ4n) is 1.77. The van der Waals surface area contributed by atoms with Gasteiger partial charge in [-0.2, -0.15) is 0 Å². The highest BCUT2D eigenvalue weighted by Gasteiger charge is 2.14. The van der Waals surface area contributed by atoms with Crippen LogP contribution in [0.15, 0.2) is 34.5 Å².